The Bertz CT molecular complexity index is 864. The first-order chi connectivity index (χ1) is 12.2. The van der Waals surface area contributed by atoms with Crippen molar-refractivity contribution in [3.8, 4) is 0 Å². The molecule has 0 aliphatic carbocycles. The van der Waals surface area contributed by atoms with Crippen LogP contribution < -0.4 is 10.6 Å². The molecule has 0 atom stereocenters. The molecular weight excluding hydrogens is 439 g/mol. The zero-order valence-corrected chi connectivity index (χ0v) is 17.9. The number of guanidine groups is 1. The van der Waals surface area contributed by atoms with Gasteiger partial charge in [-0.2, -0.15) is 0 Å². The maximum atomic E-state index is 4.61. The molecule has 0 saturated heterocycles. The van der Waals surface area contributed by atoms with E-state index in [1.807, 2.05) is 23.9 Å². The average molecular weight is 466 g/mol. The summed E-state index contributed by atoms with van der Waals surface area (Å²) in [4.78, 5) is 8.89. The van der Waals surface area contributed by atoms with Crippen LogP contribution in [0, 0.1) is 6.92 Å². The third-order valence-corrected chi connectivity index (χ3v) is 4.27. The van der Waals surface area contributed by atoms with Crippen molar-refractivity contribution >= 4 is 41.0 Å². The predicted molar refractivity (Wildman–Crippen MR) is 118 cm³/mol. The van der Waals surface area contributed by atoms with Crippen molar-refractivity contribution < 1.29 is 0 Å². The molecule has 26 heavy (non-hydrogen) atoms. The number of rotatable bonds is 6. The number of aliphatic imine (C=N–C) groups is 1. The van der Waals surface area contributed by atoms with E-state index in [-0.39, 0.29) is 24.0 Å². The number of aryl methyl sites for hydroxylation is 3. The lowest BCUT2D eigenvalue weighted by atomic mass is 10.3. The Kier molecular flexibility index (Phi) is 7.50. The highest BCUT2D eigenvalue weighted by Gasteiger charge is 2.06. The van der Waals surface area contributed by atoms with Gasteiger partial charge < -0.3 is 19.8 Å². The Morgan fingerprint density at radius 1 is 1.19 bits per heavy atom. The van der Waals surface area contributed by atoms with Crippen LogP contribution in [-0.4, -0.2) is 33.7 Å². The van der Waals surface area contributed by atoms with Crippen LogP contribution in [0.25, 0.3) is 11.0 Å². The summed E-state index contributed by atoms with van der Waals surface area (Å²) < 4.78 is 4.32. The average Bonchev–Trinajstić information content (AvgIpc) is 3.17. The van der Waals surface area contributed by atoms with Gasteiger partial charge in [0, 0.05) is 46.1 Å². The van der Waals surface area contributed by atoms with Gasteiger partial charge in [-0.05, 0) is 37.1 Å². The normalized spacial score (nSPS) is 11.4. The minimum absolute atomic E-state index is 0. The Balaban J connectivity index is 0.00000243. The number of fused-ring (bicyclic) bond motifs is 1. The van der Waals surface area contributed by atoms with Crippen molar-refractivity contribution in [3.05, 3.63) is 54.1 Å². The second kappa shape index (κ2) is 9.61. The van der Waals surface area contributed by atoms with Crippen LogP contribution in [0.5, 0.6) is 0 Å². The predicted octanol–water partition coefficient (Wildman–Crippen LogP) is 3.06. The lowest BCUT2D eigenvalue weighted by molar-refractivity contribution is 0.624. The van der Waals surface area contributed by atoms with Gasteiger partial charge in [0.1, 0.15) is 5.82 Å². The summed E-state index contributed by atoms with van der Waals surface area (Å²) in [5, 5.41) is 6.71. The molecule has 0 saturated carbocycles. The van der Waals surface area contributed by atoms with Gasteiger partial charge in [0.15, 0.2) is 5.96 Å². The molecule has 0 fully saturated rings. The van der Waals surface area contributed by atoms with Crippen LogP contribution in [0.4, 0.5) is 0 Å². The van der Waals surface area contributed by atoms with Crippen LogP contribution in [0.1, 0.15) is 17.8 Å². The molecule has 7 heteroatoms. The summed E-state index contributed by atoms with van der Waals surface area (Å²) >= 11 is 0. The van der Waals surface area contributed by atoms with E-state index in [1.54, 1.807) is 7.05 Å². The lowest BCUT2D eigenvalue weighted by Gasteiger charge is -2.12. The van der Waals surface area contributed by atoms with Crippen molar-refractivity contribution in [3.63, 3.8) is 0 Å². The molecule has 0 aliphatic heterocycles. The quantitative estimate of drug-likeness (QED) is 0.254. The standard InChI is InChI=1S/C19H26N6.HI/c1-15-23-17-7-4-5-8-18(17)25(15)11-6-10-21-19(20-2)22-13-16-9-12-24(3)14-16;/h4-5,7-9,12,14H,6,10-11,13H2,1-3H3,(H2,20,21,22);1H. The highest BCUT2D eigenvalue weighted by Crippen LogP contribution is 2.15. The van der Waals surface area contributed by atoms with Gasteiger partial charge in [0.25, 0.3) is 0 Å². The SMILES string of the molecule is CN=C(NCCCn1c(C)nc2ccccc21)NCc1ccn(C)c1.I. The molecule has 6 nitrogen and oxygen atoms in total. The molecule has 0 aliphatic rings. The number of hydrogen-bond donors (Lipinski definition) is 2. The van der Waals surface area contributed by atoms with Gasteiger partial charge in [0.05, 0.1) is 11.0 Å². The van der Waals surface area contributed by atoms with Crippen molar-refractivity contribution in [2.75, 3.05) is 13.6 Å². The van der Waals surface area contributed by atoms with Crippen LogP contribution in [0.3, 0.4) is 0 Å². The monoisotopic (exact) mass is 466 g/mol. The molecule has 3 aromatic rings. The maximum absolute atomic E-state index is 4.61. The first-order valence-electron chi connectivity index (χ1n) is 8.64. The summed E-state index contributed by atoms with van der Waals surface area (Å²) in [7, 11) is 3.83. The van der Waals surface area contributed by atoms with E-state index in [4.69, 9.17) is 0 Å². The zero-order chi connectivity index (χ0) is 17.6. The van der Waals surface area contributed by atoms with Crippen molar-refractivity contribution in [2.45, 2.75) is 26.4 Å². The fourth-order valence-electron chi connectivity index (χ4n) is 2.99. The number of imidazole rings is 1. The number of aromatic nitrogens is 3. The Morgan fingerprint density at radius 3 is 2.73 bits per heavy atom. The van der Waals surface area contributed by atoms with Gasteiger partial charge in [-0.1, -0.05) is 12.1 Å². The minimum Gasteiger partial charge on any atom is -0.357 e. The fraction of sp³-hybridized carbons (Fsp3) is 0.368. The van der Waals surface area contributed by atoms with E-state index in [0.29, 0.717) is 0 Å². The van der Waals surface area contributed by atoms with Crippen LogP contribution in [-0.2, 0) is 20.1 Å². The van der Waals surface area contributed by atoms with E-state index in [0.717, 1.165) is 43.4 Å². The third-order valence-electron chi connectivity index (χ3n) is 4.27. The maximum Gasteiger partial charge on any atom is 0.191 e. The highest BCUT2D eigenvalue weighted by atomic mass is 127. The van der Waals surface area contributed by atoms with Gasteiger partial charge in [-0.25, -0.2) is 4.98 Å². The van der Waals surface area contributed by atoms with E-state index in [9.17, 15) is 0 Å². The van der Waals surface area contributed by atoms with Crippen LogP contribution in [0.15, 0.2) is 47.7 Å². The molecule has 0 amide bonds. The molecule has 0 bridgehead atoms. The molecule has 0 radical (unpaired) electrons. The minimum atomic E-state index is 0. The number of halogens is 1. The second-order valence-corrected chi connectivity index (χ2v) is 6.19. The summed E-state index contributed by atoms with van der Waals surface area (Å²) in [6.45, 7) is 4.63. The van der Waals surface area contributed by atoms with Crippen molar-refractivity contribution in [1.29, 1.82) is 0 Å². The molecular formula is C19H27IN6. The summed E-state index contributed by atoms with van der Waals surface area (Å²) in [6.07, 6.45) is 5.16. The van der Waals surface area contributed by atoms with Gasteiger partial charge in [-0.15, -0.1) is 24.0 Å². The van der Waals surface area contributed by atoms with Crippen LogP contribution in [0.2, 0.25) is 0 Å². The number of nitrogens with zero attached hydrogens (tertiary/aromatic N) is 4. The molecule has 0 unspecified atom stereocenters. The lowest BCUT2D eigenvalue weighted by Crippen LogP contribution is -2.37. The number of hydrogen-bond acceptors (Lipinski definition) is 2. The smallest absolute Gasteiger partial charge is 0.191 e. The Morgan fingerprint density at radius 2 is 2.00 bits per heavy atom. The molecule has 0 spiro atoms. The highest BCUT2D eigenvalue weighted by molar-refractivity contribution is 14.0. The summed E-state index contributed by atoms with van der Waals surface area (Å²) in [5.74, 6) is 1.89. The van der Waals surface area contributed by atoms with E-state index in [1.165, 1.54) is 11.1 Å². The van der Waals surface area contributed by atoms with Gasteiger partial charge in [0.2, 0.25) is 0 Å². The molecule has 140 valence electrons. The molecule has 3 rings (SSSR count). The Labute approximate surface area is 171 Å². The number of benzene rings is 1. The third kappa shape index (κ3) is 5.00. The largest absolute Gasteiger partial charge is 0.357 e. The first-order valence-corrected chi connectivity index (χ1v) is 8.64. The number of para-hydroxylation sites is 2. The fourth-order valence-corrected chi connectivity index (χ4v) is 2.99. The molecule has 2 N–H and O–H groups in total. The molecule has 2 aromatic heterocycles. The summed E-state index contributed by atoms with van der Waals surface area (Å²) in [5.41, 5.74) is 3.51. The zero-order valence-electron chi connectivity index (χ0n) is 15.6. The topological polar surface area (TPSA) is 59.2 Å². The summed E-state index contributed by atoms with van der Waals surface area (Å²) in [6, 6.07) is 10.4. The first kappa shape index (κ1) is 20.3. The molecule has 2 heterocycles. The van der Waals surface area contributed by atoms with Gasteiger partial charge in [-0.3, -0.25) is 4.99 Å². The second-order valence-electron chi connectivity index (χ2n) is 6.19. The van der Waals surface area contributed by atoms with Gasteiger partial charge >= 0.3 is 0 Å². The van der Waals surface area contributed by atoms with Crippen molar-refractivity contribution in [1.82, 2.24) is 24.8 Å². The van der Waals surface area contributed by atoms with E-state index in [2.05, 4.69) is 62.6 Å². The van der Waals surface area contributed by atoms with Crippen LogP contribution >= 0.6 is 24.0 Å². The number of nitrogens with one attached hydrogen (secondary N) is 2. The molecule has 1 aromatic carbocycles. The Hall–Kier alpha value is -2.03. The van der Waals surface area contributed by atoms with E-state index < -0.39 is 0 Å². The van der Waals surface area contributed by atoms with E-state index >= 15 is 0 Å². The van der Waals surface area contributed by atoms with Crippen molar-refractivity contribution in [2.24, 2.45) is 12.0 Å².